The van der Waals surface area contributed by atoms with Crippen LogP contribution in [-0.2, 0) is 0 Å². The van der Waals surface area contributed by atoms with Gasteiger partial charge in [-0.15, -0.1) is 24.0 Å². The van der Waals surface area contributed by atoms with Crippen LogP contribution in [0.15, 0.2) is 22.4 Å². The van der Waals surface area contributed by atoms with E-state index >= 15 is 0 Å². The van der Waals surface area contributed by atoms with Crippen molar-refractivity contribution >= 4 is 62.3 Å². The number of fused-ring (bicyclic) bond motifs is 1. The van der Waals surface area contributed by atoms with E-state index in [4.69, 9.17) is 5.73 Å². The zero-order valence-electron chi connectivity index (χ0n) is 6.04. The van der Waals surface area contributed by atoms with Gasteiger partial charge in [-0.25, -0.2) is 0 Å². The molecule has 62 valence electrons. The van der Waals surface area contributed by atoms with Crippen molar-refractivity contribution in [1.82, 2.24) is 0 Å². The first-order valence-corrected chi connectivity index (χ1v) is 5.69. The lowest BCUT2D eigenvalue weighted by Gasteiger charge is -1.97. The van der Waals surface area contributed by atoms with Crippen LogP contribution in [0.4, 0.5) is 5.69 Å². The van der Waals surface area contributed by atoms with Crippen LogP contribution in [0.5, 0.6) is 0 Å². The van der Waals surface area contributed by atoms with Crippen molar-refractivity contribution in [2.24, 2.45) is 0 Å². The topological polar surface area (TPSA) is 26.0 Å². The van der Waals surface area contributed by atoms with Gasteiger partial charge in [0.25, 0.3) is 0 Å². The fourth-order valence-corrected chi connectivity index (χ4v) is 2.99. The van der Waals surface area contributed by atoms with E-state index in [-0.39, 0.29) is 0 Å². The average molecular weight is 307 g/mol. The van der Waals surface area contributed by atoms with Crippen molar-refractivity contribution in [3.8, 4) is 0 Å². The number of thiophene rings is 1. The predicted octanol–water partition coefficient (Wildman–Crippen LogP) is 3.38. The van der Waals surface area contributed by atoms with E-state index in [9.17, 15) is 0 Å². The second-order valence-corrected chi connectivity index (χ2v) is 5.46. The van der Waals surface area contributed by atoms with Crippen molar-refractivity contribution in [3.63, 3.8) is 0 Å². The van der Waals surface area contributed by atoms with Gasteiger partial charge in [0.1, 0.15) is 0 Å². The number of anilines is 1. The molecule has 1 aromatic carbocycles. The second-order valence-electron chi connectivity index (χ2n) is 2.46. The Balaban J connectivity index is 2.89. The third kappa shape index (κ3) is 1.31. The first-order valence-electron chi connectivity index (χ1n) is 3.35. The molecule has 1 nitrogen and oxygen atoms in total. The van der Waals surface area contributed by atoms with Crippen molar-refractivity contribution in [3.05, 3.63) is 21.8 Å². The molecule has 2 aromatic rings. The van der Waals surface area contributed by atoms with Gasteiger partial charge in [0, 0.05) is 3.57 Å². The molecule has 0 saturated carbocycles. The summed E-state index contributed by atoms with van der Waals surface area (Å²) in [6.07, 6.45) is 0. The molecule has 0 aliphatic carbocycles. The van der Waals surface area contributed by atoms with Crippen LogP contribution in [0.25, 0.3) is 10.1 Å². The highest BCUT2D eigenvalue weighted by Gasteiger charge is 2.04. The van der Waals surface area contributed by atoms with E-state index in [1.807, 2.05) is 12.1 Å². The Labute approximate surface area is 93.5 Å². The summed E-state index contributed by atoms with van der Waals surface area (Å²) in [6, 6.07) is 6.14. The lowest BCUT2D eigenvalue weighted by molar-refractivity contribution is 1.71. The quantitative estimate of drug-likeness (QED) is 0.435. The Bertz CT molecular complexity index is 436. The molecule has 0 atom stereocenters. The zero-order chi connectivity index (χ0) is 8.72. The molecule has 2 rings (SSSR count). The lowest BCUT2D eigenvalue weighted by Crippen LogP contribution is -1.87. The van der Waals surface area contributed by atoms with Gasteiger partial charge in [0.2, 0.25) is 0 Å². The van der Waals surface area contributed by atoms with E-state index in [1.165, 1.54) is 5.39 Å². The number of benzene rings is 1. The van der Waals surface area contributed by atoms with Gasteiger partial charge in [-0.3, -0.25) is 0 Å². The molecular weight excluding hydrogens is 301 g/mol. The van der Waals surface area contributed by atoms with Crippen molar-refractivity contribution in [2.75, 3.05) is 5.73 Å². The third-order valence-corrected chi connectivity index (χ3v) is 3.99. The minimum atomic E-state index is 0.874. The molecule has 0 radical (unpaired) electrons. The van der Waals surface area contributed by atoms with Crippen molar-refractivity contribution < 1.29 is 0 Å². The number of nitrogen functional groups attached to an aromatic ring is 1. The van der Waals surface area contributed by atoms with Gasteiger partial charge < -0.3 is 5.73 Å². The molecule has 0 aliphatic heterocycles. The van der Waals surface area contributed by atoms with Gasteiger partial charge in [-0.1, -0.05) is 6.07 Å². The van der Waals surface area contributed by atoms with Crippen molar-refractivity contribution in [1.29, 1.82) is 0 Å². The van der Waals surface area contributed by atoms with Crippen LogP contribution in [0.3, 0.4) is 0 Å². The summed E-state index contributed by atoms with van der Waals surface area (Å²) >= 11 is 8.15. The van der Waals surface area contributed by atoms with Crippen LogP contribution < -0.4 is 5.73 Å². The predicted molar refractivity (Wildman–Crippen MR) is 66.2 cm³/mol. The Hall–Kier alpha value is 0.0600. The Kier molecular flexibility index (Phi) is 2.22. The molecule has 0 fully saturated rings. The molecule has 2 N–H and O–H groups in total. The summed E-state index contributed by atoms with van der Waals surface area (Å²) < 4.78 is 3.26. The first kappa shape index (κ1) is 8.65. The molecular formula is C8H6INS2. The van der Waals surface area contributed by atoms with E-state index in [2.05, 4.69) is 41.3 Å². The maximum absolute atomic E-state index is 5.90. The summed E-state index contributed by atoms with van der Waals surface area (Å²) in [7, 11) is 0. The van der Waals surface area contributed by atoms with Gasteiger partial charge in [-0.05, 0) is 40.1 Å². The van der Waals surface area contributed by atoms with Crippen LogP contribution >= 0.6 is 46.6 Å². The average Bonchev–Trinajstić information content (AvgIpc) is 2.39. The highest BCUT2D eigenvalue weighted by Crippen LogP contribution is 2.34. The van der Waals surface area contributed by atoms with Crippen LogP contribution in [0, 0.1) is 3.57 Å². The maximum atomic E-state index is 5.90. The maximum Gasteiger partial charge on any atom is 0.0631 e. The lowest BCUT2D eigenvalue weighted by atomic mass is 10.2. The van der Waals surface area contributed by atoms with E-state index in [0.29, 0.717) is 0 Å². The van der Waals surface area contributed by atoms with E-state index < -0.39 is 0 Å². The normalized spacial score (nSPS) is 10.8. The summed E-state index contributed by atoms with van der Waals surface area (Å²) in [5.41, 5.74) is 6.77. The van der Waals surface area contributed by atoms with E-state index in [1.54, 1.807) is 11.3 Å². The highest BCUT2D eigenvalue weighted by atomic mass is 127. The highest BCUT2D eigenvalue weighted by molar-refractivity contribution is 14.1. The smallest absolute Gasteiger partial charge is 0.0631 e. The molecule has 0 bridgehead atoms. The fraction of sp³-hybridized carbons (Fsp3) is 0. The molecule has 0 amide bonds. The van der Waals surface area contributed by atoms with E-state index in [0.717, 1.165) is 18.2 Å². The number of hydrogen-bond donors (Lipinski definition) is 2. The van der Waals surface area contributed by atoms with Crippen LogP contribution in [-0.4, -0.2) is 0 Å². The molecule has 0 spiro atoms. The number of hydrogen-bond acceptors (Lipinski definition) is 3. The van der Waals surface area contributed by atoms with Crippen molar-refractivity contribution in [2.45, 2.75) is 4.21 Å². The molecule has 0 unspecified atom stereocenters. The third-order valence-electron chi connectivity index (χ3n) is 1.66. The summed E-state index contributed by atoms with van der Waals surface area (Å²) in [4.78, 5) is 0. The Morgan fingerprint density at radius 3 is 2.92 bits per heavy atom. The van der Waals surface area contributed by atoms with Gasteiger partial charge in [0.15, 0.2) is 0 Å². The fourth-order valence-electron chi connectivity index (χ4n) is 1.09. The molecule has 0 aliphatic rings. The minimum absolute atomic E-state index is 0.874. The number of rotatable bonds is 0. The van der Waals surface area contributed by atoms with Gasteiger partial charge >= 0.3 is 0 Å². The zero-order valence-corrected chi connectivity index (χ0v) is 9.91. The monoisotopic (exact) mass is 307 g/mol. The molecule has 12 heavy (non-hydrogen) atoms. The SMILES string of the molecule is Nc1c(I)ccc2cc(S)sc12. The second kappa shape index (κ2) is 3.08. The number of halogens is 1. The number of nitrogens with two attached hydrogens (primary N) is 1. The largest absolute Gasteiger partial charge is 0.397 e. The molecule has 0 saturated heterocycles. The summed E-state index contributed by atoms with van der Waals surface area (Å²) in [6.45, 7) is 0. The van der Waals surface area contributed by atoms with Gasteiger partial charge in [-0.2, -0.15) is 0 Å². The molecule has 1 heterocycles. The standard InChI is InChI=1S/C8H6INS2/c9-5-2-1-4-3-6(11)12-8(4)7(5)10/h1-3,11H,10H2. The van der Waals surface area contributed by atoms with Gasteiger partial charge in [0.05, 0.1) is 14.6 Å². The first-order chi connectivity index (χ1) is 5.68. The summed E-state index contributed by atoms with van der Waals surface area (Å²) in [5, 5.41) is 1.18. The minimum Gasteiger partial charge on any atom is -0.397 e. The van der Waals surface area contributed by atoms with Crippen LogP contribution in [0.2, 0.25) is 0 Å². The molecule has 1 aromatic heterocycles. The molecule has 4 heteroatoms. The summed E-state index contributed by atoms with van der Waals surface area (Å²) in [5.74, 6) is 0. The Morgan fingerprint density at radius 1 is 1.42 bits per heavy atom. The number of thiol groups is 1. The Morgan fingerprint density at radius 2 is 2.17 bits per heavy atom. The van der Waals surface area contributed by atoms with Crippen LogP contribution in [0.1, 0.15) is 0 Å².